The molecule has 1 aromatic carbocycles. The monoisotopic (exact) mass is 295 g/mol. The Morgan fingerprint density at radius 3 is 2.86 bits per heavy atom. The summed E-state index contributed by atoms with van der Waals surface area (Å²) in [7, 11) is 0. The second-order valence-corrected chi connectivity index (χ2v) is 7.47. The summed E-state index contributed by atoms with van der Waals surface area (Å²) >= 11 is 0. The number of hydrogen-bond acceptors (Lipinski definition) is 3. The summed E-state index contributed by atoms with van der Waals surface area (Å²) in [6.07, 6.45) is 5.69. The molecule has 2 saturated carbocycles. The van der Waals surface area contributed by atoms with Gasteiger partial charge >= 0.3 is 0 Å². The molecule has 114 valence electrons. The Bertz CT molecular complexity index is 702. The first-order valence-electron chi connectivity index (χ1n) is 8.34. The number of hydrogen-bond donors (Lipinski definition) is 1. The molecule has 0 heterocycles. The van der Waals surface area contributed by atoms with Gasteiger partial charge in [0.25, 0.3) is 0 Å². The molecule has 2 fully saturated rings. The van der Waals surface area contributed by atoms with Crippen molar-refractivity contribution in [3.05, 3.63) is 28.8 Å². The van der Waals surface area contributed by atoms with Crippen molar-refractivity contribution >= 4 is 5.78 Å². The summed E-state index contributed by atoms with van der Waals surface area (Å²) in [4.78, 5) is 12.3. The quantitative estimate of drug-likeness (QED) is 0.794. The molecular formula is C19H21NO2. The van der Waals surface area contributed by atoms with Gasteiger partial charge in [0, 0.05) is 11.8 Å². The van der Waals surface area contributed by atoms with Gasteiger partial charge in [-0.3, -0.25) is 4.79 Å². The second kappa shape index (κ2) is 4.59. The number of rotatable bonds is 0. The maximum atomic E-state index is 12.3. The Labute approximate surface area is 131 Å². The van der Waals surface area contributed by atoms with Crippen LogP contribution in [-0.2, 0) is 11.2 Å². The molecular weight excluding hydrogens is 274 g/mol. The van der Waals surface area contributed by atoms with Gasteiger partial charge < -0.3 is 5.11 Å². The fourth-order valence-electron chi connectivity index (χ4n) is 5.55. The molecule has 3 aliphatic rings. The first-order valence-corrected chi connectivity index (χ1v) is 8.34. The molecule has 1 N–H and O–H groups in total. The first-order chi connectivity index (χ1) is 10.6. The van der Waals surface area contributed by atoms with Crippen LogP contribution in [0.25, 0.3) is 0 Å². The van der Waals surface area contributed by atoms with Gasteiger partial charge in [-0.2, -0.15) is 5.26 Å². The third-order valence-corrected chi connectivity index (χ3v) is 6.71. The van der Waals surface area contributed by atoms with E-state index in [0.717, 1.165) is 44.1 Å². The lowest BCUT2D eigenvalue weighted by Gasteiger charge is -2.48. The van der Waals surface area contributed by atoms with Crippen molar-refractivity contribution in [2.24, 2.45) is 17.3 Å². The van der Waals surface area contributed by atoms with Crippen LogP contribution in [0, 0.1) is 28.6 Å². The summed E-state index contributed by atoms with van der Waals surface area (Å²) in [6.45, 7) is 2.18. The van der Waals surface area contributed by atoms with Crippen LogP contribution in [0.2, 0.25) is 0 Å². The zero-order valence-electron chi connectivity index (χ0n) is 12.9. The lowest BCUT2D eigenvalue weighted by atomic mass is 9.55. The highest BCUT2D eigenvalue weighted by molar-refractivity contribution is 5.87. The van der Waals surface area contributed by atoms with E-state index in [9.17, 15) is 15.2 Å². The molecule has 3 aliphatic carbocycles. The predicted octanol–water partition coefficient (Wildman–Crippen LogP) is 3.69. The third-order valence-electron chi connectivity index (χ3n) is 6.71. The average Bonchev–Trinajstić information content (AvgIpc) is 2.82. The summed E-state index contributed by atoms with van der Waals surface area (Å²) in [5, 5.41) is 19.3. The zero-order chi connectivity index (χ0) is 15.5. The summed E-state index contributed by atoms with van der Waals surface area (Å²) in [5.41, 5.74) is 2.67. The van der Waals surface area contributed by atoms with E-state index >= 15 is 0 Å². The van der Waals surface area contributed by atoms with E-state index < -0.39 is 0 Å². The smallest absolute Gasteiger partial charge is 0.139 e. The molecule has 0 spiro atoms. The van der Waals surface area contributed by atoms with Gasteiger partial charge in [0.1, 0.15) is 17.6 Å². The van der Waals surface area contributed by atoms with Crippen LogP contribution in [0.1, 0.15) is 61.6 Å². The molecule has 0 saturated heterocycles. The largest absolute Gasteiger partial charge is 0.507 e. The Morgan fingerprint density at radius 2 is 2.09 bits per heavy atom. The van der Waals surface area contributed by atoms with E-state index in [1.165, 1.54) is 5.56 Å². The number of carbonyl (C=O) groups excluding carboxylic acids is 1. The number of phenols is 1. The minimum absolute atomic E-state index is 0.104. The SMILES string of the molecule is C[C@]12CCC3c4ccc(O)c(C#N)c4CCC3C1CCC2=O. The van der Waals surface area contributed by atoms with Crippen molar-refractivity contribution in [2.75, 3.05) is 0 Å². The molecule has 3 unspecified atom stereocenters. The lowest BCUT2D eigenvalue weighted by Crippen LogP contribution is -2.42. The molecule has 3 heteroatoms. The van der Waals surface area contributed by atoms with Crippen molar-refractivity contribution < 1.29 is 9.90 Å². The molecule has 0 radical (unpaired) electrons. The molecule has 3 nitrogen and oxygen atoms in total. The fourth-order valence-corrected chi connectivity index (χ4v) is 5.55. The molecule has 4 atom stereocenters. The Balaban J connectivity index is 1.77. The third kappa shape index (κ3) is 1.64. The number of ketones is 1. The van der Waals surface area contributed by atoms with Crippen LogP contribution in [-0.4, -0.2) is 10.9 Å². The van der Waals surface area contributed by atoms with E-state index in [1.807, 2.05) is 6.07 Å². The summed E-state index contributed by atoms with van der Waals surface area (Å²) < 4.78 is 0. The van der Waals surface area contributed by atoms with Gasteiger partial charge in [0.15, 0.2) is 0 Å². The van der Waals surface area contributed by atoms with Gasteiger partial charge in [0.05, 0.1) is 5.56 Å². The Kier molecular flexibility index (Phi) is 2.88. The summed E-state index contributed by atoms with van der Waals surface area (Å²) in [5.74, 6) is 2.10. The molecule has 0 bridgehead atoms. The molecule has 0 aromatic heterocycles. The van der Waals surface area contributed by atoms with Crippen LogP contribution in [0.5, 0.6) is 5.75 Å². The Morgan fingerprint density at radius 1 is 1.27 bits per heavy atom. The Hall–Kier alpha value is -1.82. The van der Waals surface area contributed by atoms with Gasteiger partial charge in [-0.1, -0.05) is 13.0 Å². The number of nitriles is 1. The van der Waals surface area contributed by atoms with Gasteiger partial charge in [-0.15, -0.1) is 0 Å². The van der Waals surface area contributed by atoms with Crippen LogP contribution < -0.4 is 0 Å². The topological polar surface area (TPSA) is 61.1 Å². The maximum Gasteiger partial charge on any atom is 0.139 e. The van der Waals surface area contributed by atoms with Crippen LogP contribution in [0.15, 0.2) is 12.1 Å². The van der Waals surface area contributed by atoms with Crippen molar-refractivity contribution in [1.29, 1.82) is 5.26 Å². The van der Waals surface area contributed by atoms with Gasteiger partial charge in [-0.05, 0) is 67.1 Å². The molecule has 1 aromatic rings. The normalized spacial score (nSPS) is 36.2. The standard InChI is InChI=1S/C19H21NO2/c1-19-9-8-13-11-4-6-17(21)15(10-20)12(11)2-3-14(13)16(19)5-7-18(19)22/h4,6,13-14,16,21H,2-3,5,7-9H2,1H3/t13?,14?,16?,19-/m0/s1. The maximum absolute atomic E-state index is 12.3. The number of aromatic hydroxyl groups is 1. The highest BCUT2D eigenvalue weighted by Crippen LogP contribution is 2.59. The zero-order valence-corrected chi connectivity index (χ0v) is 12.9. The highest BCUT2D eigenvalue weighted by atomic mass is 16.3. The minimum Gasteiger partial charge on any atom is -0.507 e. The van der Waals surface area contributed by atoms with Crippen molar-refractivity contribution in [1.82, 2.24) is 0 Å². The number of fused-ring (bicyclic) bond motifs is 5. The number of carbonyl (C=O) groups is 1. The second-order valence-electron chi connectivity index (χ2n) is 7.47. The number of nitrogens with zero attached hydrogens (tertiary/aromatic N) is 1. The summed E-state index contributed by atoms with van der Waals surface area (Å²) in [6, 6.07) is 5.87. The molecule has 0 aliphatic heterocycles. The van der Waals surface area contributed by atoms with Crippen LogP contribution >= 0.6 is 0 Å². The average molecular weight is 295 g/mol. The number of phenolic OH excluding ortho intramolecular Hbond substituents is 1. The number of benzene rings is 1. The van der Waals surface area contributed by atoms with Crippen molar-refractivity contribution in [3.63, 3.8) is 0 Å². The van der Waals surface area contributed by atoms with E-state index in [1.54, 1.807) is 6.07 Å². The van der Waals surface area contributed by atoms with Gasteiger partial charge in [0.2, 0.25) is 0 Å². The fraction of sp³-hybridized carbons (Fsp3) is 0.579. The van der Waals surface area contributed by atoms with E-state index in [4.69, 9.17) is 0 Å². The predicted molar refractivity (Wildman–Crippen MR) is 82.4 cm³/mol. The van der Waals surface area contributed by atoms with E-state index in [2.05, 4.69) is 13.0 Å². The number of Topliss-reactive ketones (excluding diaryl/α,β-unsaturated/α-hetero) is 1. The minimum atomic E-state index is -0.104. The first kappa shape index (κ1) is 13.8. The van der Waals surface area contributed by atoms with Crippen molar-refractivity contribution in [2.45, 2.75) is 51.4 Å². The van der Waals surface area contributed by atoms with Crippen LogP contribution in [0.3, 0.4) is 0 Å². The van der Waals surface area contributed by atoms with Crippen molar-refractivity contribution in [3.8, 4) is 11.8 Å². The van der Waals surface area contributed by atoms with Crippen LogP contribution in [0.4, 0.5) is 0 Å². The van der Waals surface area contributed by atoms with Gasteiger partial charge in [-0.25, -0.2) is 0 Å². The highest BCUT2D eigenvalue weighted by Gasteiger charge is 2.54. The molecule has 4 rings (SSSR count). The molecule has 22 heavy (non-hydrogen) atoms. The molecule has 0 amide bonds. The van der Waals surface area contributed by atoms with E-state index in [-0.39, 0.29) is 11.2 Å². The lowest BCUT2D eigenvalue weighted by molar-refractivity contribution is -0.129. The van der Waals surface area contributed by atoms with E-state index in [0.29, 0.717) is 29.1 Å².